The predicted molar refractivity (Wildman–Crippen MR) is 262 cm³/mol. The van der Waals surface area contributed by atoms with E-state index in [0.717, 1.165) is 12.0 Å². The monoisotopic (exact) mass is 988 g/mol. The molecule has 15 atom stereocenters. The van der Waals surface area contributed by atoms with Crippen LogP contribution >= 0.6 is 0 Å². The number of aliphatic hydroxyl groups excluding tert-OH is 3. The van der Waals surface area contributed by atoms with Gasteiger partial charge in [-0.25, -0.2) is 4.79 Å². The summed E-state index contributed by atoms with van der Waals surface area (Å²) in [5.41, 5.74) is 1.24. The molecule has 0 aromatic carbocycles. The number of carbonyl (C=O) groups excluding carboxylic acids is 5. The normalized spacial score (nSPS) is 36.0. The third kappa shape index (κ3) is 16.3. The fraction of sp³-hybridized carbons (Fsp3) is 0.759. The summed E-state index contributed by atoms with van der Waals surface area (Å²) in [6, 6.07) is -1.17. The first-order chi connectivity index (χ1) is 33.3. The Morgan fingerprint density at radius 1 is 0.829 bits per heavy atom. The van der Waals surface area contributed by atoms with E-state index >= 15 is 0 Å². The summed E-state index contributed by atoms with van der Waals surface area (Å²) in [4.78, 5) is 72.3. The molecule has 4 aliphatic rings. The molecule has 396 valence electrons. The fourth-order valence-electron chi connectivity index (χ4n) is 10.6. The van der Waals surface area contributed by atoms with Crippen molar-refractivity contribution >= 4 is 29.2 Å². The second-order valence-electron chi connectivity index (χ2n) is 20.5. The molecular weight excluding hydrogens is 903 g/mol. The number of allylic oxidation sites excluding steroid dienone is 6. The maximum absolute atomic E-state index is 14.5. The van der Waals surface area contributed by atoms with Crippen LogP contribution in [0.15, 0.2) is 47.6 Å². The fourth-order valence-corrected chi connectivity index (χ4v) is 10.6. The number of ether oxygens (including phenoxy) is 6. The van der Waals surface area contributed by atoms with Crippen molar-refractivity contribution in [1.82, 2.24) is 4.90 Å². The summed E-state index contributed by atoms with van der Waals surface area (Å²) in [7, 11) is 2.94. The number of amides is 1. The molecule has 3 unspecified atom stereocenters. The zero-order valence-electron chi connectivity index (χ0n) is 43.3. The number of hydrogen-bond donors (Lipinski definition) is 4. The first-order valence-electron chi connectivity index (χ1n) is 25.7. The van der Waals surface area contributed by atoms with E-state index in [0.29, 0.717) is 63.4 Å². The molecule has 4 N–H and O–H groups in total. The molecule has 1 saturated carbocycles. The molecule has 1 amide bonds. The van der Waals surface area contributed by atoms with Crippen LogP contribution in [-0.2, 0) is 52.4 Å². The number of nitrogens with zero attached hydrogens (tertiary/aromatic N) is 1. The summed E-state index contributed by atoms with van der Waals surface area (Å²) >= 11 is 0. The van der Waals surface area contributed by atoms with Crippen LogP contribution in [0.5, 0.6) is 0 Å². The molecule has 0 spiro atoms. The van der Waals surface area contributed by atoms with Gasteiger partial charge in [0, 0.05) is 51.4 Å². The molecule has 3 heterocycles. The van der Waals surface area contributed by atoms with Gasteiger partial charge in [0.05, 0.1) is 50.8 Å². The number of ketones is 3. The molecule has 70 heavy (non-hydrogen) atoms. The number of esters is 1. The Morgan fingerprint density at radius 3 is 2.20 bits per heavy atom. The number of carbonyl (C=O) groups is 5. The van der Waals surface area contributed by atoms with Crippen molar-refractivity contribution in [2.45, 2.75) is 180 Å². The van der Waals surface area contributed by atoms with Crippen LogP contribution in [0.2, 0.25) is 0 Å². The highest BCUT2D eigenvalue weighted by molar-refractivity contribution is 6.39. The minimum atomic E-state index is -2.45. The minimum Gasteiger partial charge on any atom is -0.460 e. The first-order valence-corrected chi connectivity index (χ1v) is 25.7. The van der Waals surface area contributed by atoms with Crippen molar-refractivity contribution in [3.05, 3.63) is 47.6 Å². The Kier molecular flexibility index (Phi) is 24.2. The topological polar surface area (TPSA) is 225 Å². The van der Waals surface area contributed by atoms with E-state index in [1.807, 2.05) is 58.1 Å². The van der Waals surface area contributed by atoms with Gasteiger partial charge < -0.3 is 53.7 Å². The van der Waals surface area contributed by atoms with Crippen molar-refractivity contribution in [3.8, 4) is 0 Å². The number of Topliss-reactive ketones (excluding diaryl/α,β-unsaturated/α-hetero) is 3. The largest absolute Gasteiger partial charge is 0.460 e. The van der Waals surface area contributed by atoms with Gasteiger partial charge >= 0.3 is 5.97 Å². The average Bonchev–Trinajstić information content (AvgIpc) is 3.34. The van der Waals surface area contributed by atoms with Gasteiger partial charge in [-0.05, 0) is 107 Å². The minimum absolute atomic E-state index is 0.00619. The van der Waals surface area contributed by atoms with Crippen LogP contribution in [-0.4, -0.2) is 156 Å². The predicted octanol–water partition coefficient (Wildman–Crippen LogP) is 5.56. The van der Waals surface area contributed by atoms with Crippen molar-refractivity contribution in [2.24, 2.45) is 35.5 Å². The van der Waals surface area contributed by atoms with Gasteiger partial charge in [0.1, 0.15) is 30.1 Å². The van der Waals surface area contributed by atoms with Gasteiger partial charge in [-0.15, -0.1) is 0 Å². The molecule has 2 bridgehead atoms. The summed E-state index contributed by atoms with van der Waals surface area (Å²) in [6.07, 6.45) is 11.2. The summed E-state index contributed by atoms with van der Waals surface area (Å²) in [6.45, 7) is 12.6. The standard InChI is InChI=1S/C54H85NO15/c1-33-15-11-10-12-16-34(2)45(65-8)31-41-20-18-39(7)54(64,70-41)51(61)52(62)55-22-14-13-17-42(55)53(63)69-46(36(4)29-40-19-21-44(67-25-23-56)47(30-40)68-26-24-57)32-43(58)35(3)28-38(6)49(60)50(66-9)48(59)37(5)27-33/h10-12,15-16,28,33,35-37,39-42,44-47,49-50,56-57,60,64H,13-14,17-27,29-32H2,1-9H3/t33-,35-,36-,37-,39-,40+,41?,42+,44-,45+,46?,47-,49-,50+,54?/m1/s1. The van der Waals surface area contributed by atoms with Crippen molar-refractivity contribution in [1.29, 1.82) is 0 Å². The molecule has 0 aromatic heterocycles. The Balaban J connectivity index is 1.70. The van der Waals surface area contributed by atoms with Crippen molar-refractivity contribution < 1.29 is 72.8 Å². The Hall–Kier alpha value is -3.45. The van der Waals surface area contributed by atoms with Crippen LogP contribution in [0.3, 0.4) is 0 Å². The lowest BCUT2D eigenvalue weighted by molar-refractivity contribution is -0.265. The smallest absolute Gasteiger partial charge is 0.329 e. The number of aliphatic hydroxyl groups is 4. The Morgan fingerprint density at radius 2 is 1.53 bits per heavy atom. The molecule has 16 nitrogen and oxygen atoms in total. The second-order valence-corrected chi connectivity index (χ2v) is 20.5. The van der Waals surface area contributed by atoms with Gasteiger partial charge in [-0.3, -0.25) is 19.2 Å². The first kappa shape index (κ1) is 59.1. The van der Waals surface area contributed by atoms with Crippen LogP contribution in [0.4, 0.5) is 0 Å². The number of hydrogen-bond acceptors (Lipinski definition) is 15. The van der Waals surface area contributed by atoms with Crippen LogP contribution in [0, 0.1) is 35.5 Å². The van der Waals surface area contributed by atoms with E-state index in [1.165, 1.54) is 12.0 Å². The van der Waals surface area contributed by atoms with E-state index in [4.69, 9.17) is 28.4 Å². The number of methoxy groups -OCH3 is 2. The van der Waals surface area contributed by atoms with Crippen LogP contribution in [0.25, 0.3) is 0 Å². The highest BCUT2D eigenvalue weighted by atomic mass is 16.6. The average molecular weight is 988 g/mol. The second kappa shape index (κ2) is 28.7. The highest BCUT2D eigenvalue weighted by Gasteiger charge is 2.53. The third-order valence-electron chi connectivity index (χ3n) is 15.0. The van der Waals surface area contributed by atoms with Gasteiger partial charge in [-0.1, -0.05) is 71.1 Å². The number of rotatable bonds is 11. The van der Waals surface area contributed by atoms with Gasteiger partial charge in [0.15, 0.2) is 5.78 Å². The highest BCUT2D eigenvalue weighted by Crippen LogP contribution is 2.38. The van der Waals surface area contributed by atoms with Gasteiger partial charge in [0.25, 0.3) is 11.7 Å². The van der Waals surface area contributed by atoms with E-state index in [-0.39, 0.29) is 87.3 Å². The van der Waals surface area contributed by atoms with Gasteiger partial charge in [0.2, 0.25) is 5.79 Å². The lowest BCUT2D eigenvalue weighted by Gasteiger charge is -2.42. The summed E-state index contributed by atoms with van der Waals surface area (Å²) < 4.78 is 35.8. The quantitative estimate of drug-likeness (QED) is 0.113. The SMILES string of the molecule is CO[C@H]1CC2CC[C@@H](C)C(O)(O2)C(=O)C(=O)N2CCCC[C@H]2C(=O)OC([C@H](C)C[C@@H]2CC[C@@H](OCCO)[C@H](OCCO)C2)CC(=O)[C@H](C)C=C(C)[C@@H](O)[C@@H](OC)C(=O)[C@H](C)C[C@H](C)C=CC=CC=C1C. The molecule has 0 aromatic rings. The van der Waals surface area contributed by atoms with E-state index in [2.05, 4.69) is 0 Å². The number of piperidine rings is 1. The van der Waals surface area contributed by atoms with E-state index in [9.17, 15) is 44.4 Å². The molecular formula is C54H85NO15. The maximum atomic E-state index is 14.5. The molecule has 3 aliphatic heterocycles. The molecule has 1 aliphatic carbocycles. The molecule has 4 rings (SSSR count). The van der Waals surface area contributed by atoms with Crippen LogP contribution in [0.1, 0.15) is 126 Å². The van der Waals surface area contributed by atoms with E-state index in [1.54, 1.807) is 34.0 Å². The van der Waals surface area contributed by atoms with Gasteiger partial charge in [-0.2, -0.15) is 0 Å². The van der Waals surface area contributed by atoms with E-state index < -0.39 is 77.8 Å². The summed E-state index contributed by atoms with van der Waals surface area (Å²) in [5.74, 6) is -8.25. The number of cyclic esters (lactones) is 1. The van der Waals surface area contributed by atoms with Crippen molar-refractivity contribution in [3.63, 3.8) is 0 Å². The summed E-state index contributed by atoms with van der Waals surface area (Å²) in [5, 5.41) is 42.4. The molecule has 0 radical (unpaired) electrons. The molecule has 2 saturated heterocycles. The maximum Gasteiger partial charge on any atom is 0.329 e. The lowest BCUT2D eigenvalue weighted by Crippen LogP contribution is -2.61. The van der Waals surface area contributed by atoms with Crippen LogP contribution < -0.4 is 0 Å². The zero-order chi connectivity index (χ0) is 51.7. The lowest BCUT2D eigenvalue weighted by atomic mass is 9.78. The Bertz CT molecular complexity index is 1850. The molecule has 3 fully saturated rings. The molecule has 16 heteroatoms. The third-order valence-corrected chi connectivity index (χ3v) is 15.0. The van der Waals surface area contributed by atoms with Crippen molar-refractivity contribution in [2.75, 3.05) is 47.2 Å². The number of fused-ring (bicyclic) bond motifs is 3. The zero-order valence-corrected chi connectivity index (χ0v) is 43.3. The Labute approximate surface area is 416 Å².